The molecule has 29 heavy (non-hydrogen) atoms. The lowest BCUT2D eigenvalue weighted by Crippen LogP contribution is -2.20. The summed E-state index contributed by atoms with van der Waals surface area (Å²) in [6.45, 7) is 2.67. The largest absolute Gasteiger partial charge is 0.322 e. The standard InChI is InChI=1S/C22H20ClN5O/c1-15(21-27-26-20-11-4-5-12-28(20)21)24-14-16-7-6-8-17(13-16)25-22(29)18-9-2-3-10-19(18)23/h2-13,15,24H,14H2,1H3,(H,25,29). The van der Waals surface area contributed by atoms with E-state index >= 15 is 0 Å². The van der Waals surface area contributed by atoms with Gasteiger partial charge in [0.05, 0.1) is 16.6 Å². The van der Waals surface area contributed by atoms with Crippen molar-refractivity contribution in [2.75, 3.05) is 5.32 Å². The Labute approximate surface area is 173 Å². The van der Waals surface area contributed by atoms with E-state index in [1.807, 2.05) is 60.0 Å². The molecule has 2 aromatic carbocycles. The normalized spacial score (nSPS) is 12.1. The van der Waals surface area contributed by atoms with Crippen LogP contribution in [-0.2, 0) is 6.54 Å². The fourth-order valence-corrected chi connectivity index (χ4v) is 3.34. The molecule has 0 bridgehead atoms. The summed E-state index contributed by atoms with van der Waals surface area (Å²) < 4.78 is 1.97. The van der Waals surface area contributed by atoms with Crippen molar-refractivity contribution in [3.63, 3.8) is 0 Å². The SMILES string of the molecule is CC(NCc1cccc(NC(=O)c2ccccc2Cl)c1)c1nnc2ccccn12. The minimum Gasteiger partial charge on any atom is -0.322 e. The third-order valence-electron chi connectivity index (χ3n) is 4.64. The van der Waals surface area contributed by atoms with Gasteiger partial charge in [-0.1, -0.05) is 41.9 Å². The van der Waals surface area contributed by atoms with Crippen LogP contribution in [0.2, 0.25) is 5.02 Å². The molecule has 0 fully saturated rings. The highest BCUT2D eigenvalue weighted by Gasteiger charge is 2.13. The van der Waals surface area contributed by atoms with Crippen molar-refractivity contribution in [2.45, 2.75) is 19.5 Å². The Kier molecular flexibility index (Phi) is 5.55. The Hall–Kier alpha value is -3.22. The number of fused-ring (bicyclic) bond motifs is 1. The zero-order valence-electron chi connectivity index (χ0n) is 15.8. The van der Waals surface area contributed by atoms with Crippen molar-refractivity contribution in [1.29, 1.82) is 0 Å². The molecule has 0 saturated carbocycles. The first kappa shape index (κ1) is 19.1. The molecule has 0 radical (unpaired) electrons. The van der Waals surface area contributed by atoms with Crippen LogP contribution < -0.4 is 10.6 Å². The average Bonchev–Trinajstić information content (AvgIpc) is 3.17. The fraction of sp³-hybridized carbons (Fsp3) is 0.136. The lowest BCUT2D eigenvalue weighted by atomic mass is 10.1. The maximum atomic E-state index is 12.5. The van der Waals surface area contributed by atoms with E-state index in [0.29, 0.717) is 17.1 Å². The van der Waals surface area contributed by atoms with Crippen molar-refractivity contribution in [3.05, 3.63) is 94.9 Å². The number of benzene rings is 2. The summed E-state index contributed by atoms with van der Waals surface area (Å²) in [5, 5.41) is 15.3. The second-order valence-electron chi connectivity index (χ2n) is 6.72. The van der Waals surface area contributed by atoms with Gasteiger partial charge in [-0.2, -0.15) is 0 Å². The number of anilines is 1. The first-order valence-electron chi connectivity index (χ1n) is 9.29. The van der Waals surface area contributed by atoms with Crippen LogP contribution in [0.1, 0.15) is 34.7 Å². The Balaban J connectivity index is 1.42. The number of rotatable bonds is 6. The van der Waals surface area contributed by atoms with Gasteiger partial charge >= 0.3 is 0 Å². The van der Waals surface area contributed by atoms with Crippen LogP contribution in [0.3, 0.4) is 0 Å². The van der Waals surface area contributed by atoms with E-state index in [-0.39, 0.29) is 11.9 Å². The third kappa shape index (κ3) is 4.29. The van der Waals surface area contributed by atoms with Gasteiger partial charge in [0.15, 0.2) is 11.5 Å². The van der Waals surface area contributed by atoms with Crippen LogP contribution in [0.4, 0.5) is 5.69 Å². The number of carbonyl (C=O) groups excluding carboxylic acids is 1. The molecule has 1 unspecified atom stereocenters. The highest BCUT2D eigenvalue weighted by Crippen LogP contribution is 2.18. The first-order chi connectivity index (χ1) is 14.1. The smallest absolute Gasteiger partial charge is 0.257 e. The number of hydrogen-bond acceptors (Lipinski definition) is 4. The van der Waals surface area contributed by atoms with Gasteiger partial charge in [-0.05, 0) is 48.9 Å². The summed E-state index contributed by atoms with van der Waals surface area (Å²) in [6, 6.07) is 20.5. The monoisotopic (exact) mass is 405 g/mol. The molecule has 2 aromatic heterocycles. The van der Waals surface area contributed by atoms with E-state index in [9.17, 15) is 4.79 Å². The Morgan fingerprint density at radius 2 is 1.90 bits per heavy atom. The molecule has 146 valence electrons. The average molecular weight is 406 g/mol. The lowest BCUT2D eigenvalue weighted by molar-refractivity contribution is 0.102. The topological polar surface area (TPSA) is 71.3 Å². The predicted molar refractivity (Wildman–Crippen MR) is 114 cm³/mol. The van der Waals surface area contributed by atoms with Gasteiger partial charge in [-0.25, -0.2) is 0 Å². The Morgan fingerprint density at radius 1 is 1.07 bits per heavy atom. The minimum absolute atomic E-state index is 0.00812. The summed E-state index contributed by atoms with van der Waals surface area (Å²) in [5.74, 6) is 0.618. The Morgan fingerprint density at radius 3 is 2.76 bits per heavy atom. The van der Waals surface area contributed by atoms with Crippen molar-refractivity contribution < 1.29 is 4.79 Å². The van der Waals surface area contributed by atoms with E-state index < -0.39 is 0 Å². The van der Waals surface area contributed by atoms with Crippen LogP contribution in [0.15, 0.2) is 72.9 Å². The number of hydrogen-bond donors (Lipinski definition) is 2. The molecule has 7 heteroatoms. The summed E-state index contributed by atoms with van der Waals surface area (Å²) in [6.07, 6.45) is 1.95. The molecule has 0 aliphatic heterocycles. The number of aromatic nitrogens is 3. The number of pyridine rings is 1. The Bertz CT molecular complexity index is 1160. The number of nitrogens with one attached hydrogen (secondary N) is 2. The molecule has 4 rings (SSSR count). The second-order valence-corrected chi connectivity index (χ2v) is 7.13. The zero-order valence-corrected chi connectivity index (χ0v) is 16.6. The second kappa shape index (κ2) is 8.43. The van der Waals surface area contributed by atoms with E-state index in [0.717, 1.165) is 22.7 Å². The summed E-state index contributed by atoms with van der Waals surface area (Å²) in [4.78, 5) is 12.5. The van der Waals surface area contributed by atoms with E-state index in [2.05, 4.69) is 20.8 Å². The number of amides is 1. The van der Waals surface area contributed by atoms with Crippen LogP contribution in [-0.4, -0.2) is 20.5 Å². The maximum absolute atomic E-state index is 12.5. The number of carbonyl (C=O) groups is 1. The van der Waals surface area contributed by atoms with Gasteiger partial charge < -0.3 is 10.6 Å². The highest BCUT2D eigenvalue weighted by atomic mass is 35.5. The molecule has 0 aliphatic carbocycles. The van der Waals surface area contributed by atoms with Crippen LogP contribution in [0, 0.1) is 0 Å². The van der Waals surface area contributed by atoms with E-state index in [1.54, 1.807) is 24.3 Å². The fourth-order valence-electron chi connectivity index (χ4n) is 3.12. The molecule has 2 heterocycles. The third-order valence-corrected chi connectivity index (χ3v) is 4.97. The van der Waals surface area contributed by atoms with Crippen LogP contribution in [0.5, 0.6) is 0 Å². The summed E-state index contributed by atoms with van der Waals surface area (Å²) in [7, 11) is 0. The molecule has 6 nitrogen and oxygen atoms in total. The van der Waals surface area contributed by atoms with Crippen molar-refractivity contribution in [3.8, 4) is 0 Å². The minimum atomic E-state index is -0.232. The van der Waals surface area contributed by atoms with Crippen molar-refractivity contribution in [2.24, 2.45) is 0 Å². The van der Waals surface area contributed by atoms with E-state index in [1.165, 1.54) is 0 Å². The van der Waals surface area contributed by atoms with Gasteiger partial charge in [0, 0.05) is 18.4 Å². The van der Waals surface area contributed by atoms with Gasteiger partial charge in [-0.3, -0.25) is 9.20 Å². The van der Waals surface area contributed by atoms with E-state index in [4.69, 9.17) is 11.6 Å². The van der Waals surface area contributed by atoms with Crippen molar-refractivity contribution >= 4 is 28.8 Å². The predicted octanol–water partition coefficient (Wildman–Crippen LogP) is 4.49. The number of nitrogens with zero attached hydrogens (tertiary/aromatic N) is 3. The maximum Gasteiger partial charge on any atom is 0.257 e. The summed E-state index contributed by atoms with van der Waals surface area (Å²) >= 11 is 6.11. The molecule has 0 saturated heterocycles. The van der Waals surface area contributed by atoms with Gasteiger partial charge in [0.1, 0.15) is 0 Å². The quantitative estimate of drug-likeness (QED) is 0.496. The molecule has 1 atom stereocenters. The zero-order chi connectivity index (χ0) is 20.2. The lowest BCUT2D eigenvalue weighted by Gasteiger charge is -2.13. The molecule has 4 aromatic rings. The van der Waals surface area contributed by atoms with Gasteiger partial charge in [0.25, 0.3) is 5.91 Å². The summed E-state index contributed by atoms with van der Waals surface area (Å²) in [5.41, 5.74) is 3.03. The van der Waals surface area contributed by atoms with Crippen molar-refractivity contribution in [1.82, 2.24) is 19.9 Å². The molecule has 0 aliphatic rings. The van der Waals surface area contributed by atoms with Crippen LogP contribution >= 0.6 is 11.6 Å². The van der Waals surface area contributed by atoms with Gasteiger partial charge in [0.2, 0.25) is 0 Å². The molecular weight excluding hydrogens is 386 g/mol. The molecule has 2 N–H and O–H groups in total. The van der Waals surface area contributed by atoms with Crippen LogP contribution in [0.25, 0.3) is 5.65 Å². The molecular formula is C22H20ClN5O. The van der Waals surface area contributed by atoms with Gasteiger partial charge in [-0.15, -0.1) is 10.2 Å². The highest BCUT2D eigenvalue weighted by molar-refractivity contribution is 6.34. The first-order valence-corrected chi connectivity index (χ1v) is 9.67. The molecule has 1 amide bonds. The molecule has 0 spiro atoms. The number of halogens is 1.